The van der Waals surface area contributed by atoms with E-state index in [1.165, 1.54) is 29.5 Å². The summed E-state index contributed by atoms with van der Waals surface area (Å²) in [7, 11) is 1.77. The molecular formula is C14H21NO. The van der Waals surface area contributed by atoms with Gasteiger partial charge in [-0.2, -0.15) is 0 Å². The lowest BCUT2D eigenvalue weighted by molar-refractivity contribution is 0.391. The lowest BCUT2D eigenvalue weighted by Crippen LogP contribution is -2.29. The maximum Gasteiger partial charge on any atom is 0.122 e. The molecule has 0 amide bonds. The van der Waals surface area contributed by atoms with E-state index in [1.807, 2.05) is 0 Å². The van der Waals surface area contributed by atoms with E-state index in [-0.39, 0.29) is 0 Å². The van der Waals surface area contributed by atoms with Crippen molar-refractivity contribution in [1.29, 1.82) is 0 Å². The molecule has 1 aliphatic rings. The van der Waals surface area contributed by atoms with Crippen LogP contribution in [0.1, 0.15) is 35.4 Å². The molecule has 1 aromatic carbocycles. The van der Waals surface area contributed by atoms with Crippen molar-refractivity contribution >= 4 is 0 Å². The van der Waals surface area contributed by atoms with Crippen LogP contribution in [0.3, 0.4) is 0 Å². The Labute approximate surface area is 98.0 Å². The van der Waals surface area contributed by atoms with Crippen molar-refractivity contribution in [2.45, 2.75) is 32.6 Å². The number of nitrogens with one attached hydrogen (secondary N) is 1. The number of methoxy groups -OCH3 is 1. The molecule has 1 fully saturated rings. The second kappa shape index (κ2) is 4.88. The van der Waals surface area contributed by atoms with Crippen molar-refractivity contribution in [3.63, 3.8) is 0 Å². The minimum absolute atomic E-state index is 0.614. The highest BCUT2D eigenvalue weighted by Gasteiger charge is 2.21. The second-order valence-electron chi connectivity index (χ2n) is 4.67. The Hall–Kier alpha value is -1.02. The molecule has 0 radical (unpaired) electrons. The predicted molar refractivity (Wildman–Crippen MR) is 67.3 cm³/mol. The normalized spacial score (nSPS) is 20.8. The summed E-state index contributed by atoms with van der Waals surface area (Å²) in [6.07, 6.45) is 2.54. The summed E-state index contributed by atoms with van der Waals surface area (Å²) in [4.78, 5) is 0. The summed E-state index contributed by atoms with van der Waals surface area (Å²) in [6, 6.07) is 4.25. The van der Waals surface area contributed by atoms with Gasteiger partial charge in [-0.25, -0.2) is 0 Å². The highest BCUT2D eigenvalue weighted by atomic mass is 16.5. The zero-order valence-corrected chi connectivity index (χ0v) is 10.5. The first-order valence-corrected chi connectivity index (χ1v) is 6.09. The van der Waals surface area contributed by atoms with Gasteiger partial charge in [0.25, 0.3) is 0 Å². The van der Waals surface area contributed by atoms with E-state index in [0.717, 1.165) is 18.8 Å². The number of piperidine rings is 1. The van der Waals surface area contributed by atoms with Crippen LogP contribution in [0.2, 0.25) is 0 Å². The highest BCUT2D eigenvalue weighted by molar-refractivity contribution is 5.46. The van der Waals surface area contributed by atoms with Crippen molar-refractivity contribution in [3.8, 4) is 5.75 Å². The minimum atomic E-state index is 0.614. The number of hydrogen-bond donors (Lipinski definition) is 1. The molecule has 2 rings (SSSR count). The van der Waals surface area contributed by atoms with Crippen molar-refractivity contribution < 1.29 is 4.74 Å². The number of hydrogen-bond acceptors (Lipinski definition) is 2. The van der Waals surface area contributed by atoms with E-state index >= 15 is 0 Å². The van der Waals surface area contributed by atoms with Gasteiger partial charge in [0.1, 0.15) is 5.75 Å². The Morgan fingerprint density at radius 3 is 2.75 bits per heavy atom. The summed E-state index contributed by atoms with van der Waals surface area (Å²) < 4.78 is 5.51. The van der Waals surface area contributed by atoms with E-state index in [2.05, 4.69) is 31.3 Å². The van der Waals surface area contributed by atoms with Crippen LogP contribution < -0.4 is 10.1 Å². The fourth-order valence-corrected chi connectivity index (χ4v) is 2.60. The summed E-state index contributed by atoms with van der Waals surface area (Å²) in [5.74, 6) is 1.67. The smallest absolute Gasteiger partial charge is 0.122 e. The lowest BCUT2D eigenvalue weighted by atomic mass is 9.86. The SMILES string of the molecule is COc1ccc(C)c(C)c1C1CCCNC1. The molecule has 2 nitrogen and oxygen atoms in total. The molecule has 1 N–H and O–H groups in total. The van der Waals surface area contributed by atoms with Crippen LogP contribution in [0.25, 0.3) is 0 Å². The van der Waals surface area contributed by atoms with Gasteiger partial charge in [0.2, 0.25) is 0 Å². The van der Waals surface area contributed by atoms with E-state index in [0.29, 0.717) is 5.92 Å². The maximum atomic E-state index is 5.51. The van der Waals surface area contributed by atoms with E-state index in [4.69, 9.17) is 4.74 Å². The van der Waals surface area contributed by atoms with Gasteiger partial charge in [-0.3, -0.25) is 0 Å². The van der Waals surface area contributed by atoms with Crippen LogP contribution in [-0.2, 0) is 0 Å². The summed E-state index contributed by atoms with van der Waals surface area (Å²) >= 11 is 0. The number of benzene rings is 1. The number of rotatable bonds is 2. The van der Waals surface area contributed by atoms with Gasteiger partial charge in [-0.15, -0.1) is 0 Å². The molecule has 0 aliphatic carbocycles. The zero-order valence-electron chi connectivity index (χ0n) is 10.5. The van der Waals surface area contributed by atoms with Gasteiger partial charge in [0.05, 0.1) is 7.11 Å². The van der Waals surface area contributed by atoms with E-state index < -0.39 is 0 Å². The van der Waals surface area contributed by atoms with Crippen LogP contribution in [-0.4, -0.2) is 20.2 Å². The molecule has 1 aromatic rings. The molecule has 1 heterocycles. The zero-order chi connectivity index (χ0) is 11.5. The maximum absolute atomic E-state index is 5.51. The average molecular weight is 219 g/mol. The van der Waals surface area contributed by atoms with Gasteiger partial charge in [-0.1, -0.05) is 6.07 Å². The van der Waals surface area contributed by atoms with E-state index in [1.54, 1.807) is 7.11 Å². The summed E-state index contributed by atoms with van der Waals surface area (Å²) in [5.41, 5.74) is 4.17. The standard InChI is InChI=1S/C14H21NO/c1-10-6-7-13(16-3)14(11(10)2)12-5-4-8-15-9-12/h6-7,12,15H,4-5,8-9H2,1-3H3. The molecule has 0 bridgehead atoms. The lowest BCUT2D eigenvalue weighted by Gasteiger charge is -2.27. The summed E-state index contributed by atoms with van der Waals surface area (Å²) in [6.45, 7) is 6.63. The minimum Gasteiger partial charge on any atom is -0.496 e. The monoisotopic (exact) mass is 219 g/mol. The Bertz CT molecular complexity index is 367. The molecule has 1 aliphatic heterocycles. The first kappa shape index (κ1) is 11.5. The molecule has 1 unspecified atom stereocenters. The van der Waals surface area contributed by atoms with Gasteiger partial charge in [0, 0.05) is 18.0 Å². The van der Waals surface area contributed by atoms with Crippen LogP contribution in [0.5, 0.6) is 5.75 Å². The Kier molecular flexibility index (Phi) is 3.49. The Balaban J connectivity index is 2.39. The molecule has 0 spiro atoms. The Morgan fingerprint density at radius 2 is 2.12 bits per heavy atom. The Morgan fingerprint density at radius 1 is 1.31 bits per heavy atom. The third kappa shape index (κ3) is 2.07. The van der Waals surface area contributed by atoms with E-state index in [9.17, 15) is 0 Å². The van der Waals surface area contributed by atoms with Gasteiger partial charge >= 0.3 is 0 Å². The fraction of sp³-hybridized carbons (Fsp3) is 0.571. The molecule has 1 saturated heterocycles. The average Bonchev–Trinajstić information content (AvgIpc) is 2.33. The molecule has 0 aromatic heterocycles. The van der Waals surface area contributed by atoms with Crippen molar-refractivity contribution in [2.75, 3.05) is 20.2 Å². The predicted octanol–water partition coefficient (Wildman–Crippen LogP) is 2.78. The first-order chi connectivity index (χ1) is 7.74. The van der Waals surface area contributed by atoms with Gasteiger partial charge in [-0.05, 0) is 50.4 Å². The molecule has 16 heavy (non-hydrogen) atoms. The number of aryl methyl sites for hydroxylation is 1. The van der Waals surface area contributed by atoms with Crippen LogP contribution in [0.4, 0.5) is 0 Å². The van der Waals surface area contributed by atoms with Crippen LogP contribution >= 0.6 is 0 Å². The quantitative estimate of drug-likeness (QED) is 0.826. The fourth-order valence-electron chi connectivity index (χ4n) is 2.60. The third-order valence-corrected chi connectivity index (χ3v) is 3.67. The largest absolute Gasteiger partial charge is 0.496 e. The highest BCUT2D eigenvalue weighted by Crippen LogP contribution is 2.35. The molecular weight excluding hydrogens is 198 g/mol. The van der Waals surface area contributed by atoms with Gasteiger partial charge in [0.15, 0.2) is 0 Å². The topological polar surface area (TPSA) is 21.3 Å². The van der Waals surface area contributed by atoms with Crippen molar-refractivity contribution in [3.05, 3.63) is 28.8 Å². The van der Waals surface area contributed by atoms with Gasteiger partial charge < -0.3 is 10.1 Å². The van der Waals surface area contributed by atoms with Crippen molar-refractivity contribution in [2.24, 2.45) is 0 Å². The second-order valence-corrected chi connectivity index (χ2v) is 4.67. The van der Waals surface area contributed by atoms with Crippen molar-refractivity contribution in [1.82, 2.24) is 5.32 Å². The molecule has 88 valence electrons. The summed E-state index contributed by atoms with van der Waals surface area (Å²) in [5, 5.41) is 3.48. The first-order valence-electron chi connectivity index (χ1n) is 6.09. The third-order valence-electron chi connectivity index (χ3n) is 3.67. The van der Waals surface area contributed by atoms with Crippen LogP contribution in [0.15, 0.2) is 12.1 Å². The van der Waals surface area contributed by atoms with Crippen LogP contribution in [0, 0.1) is 13.8 Å². The molecule has 0 saturated carbocycles. The number of ether oxygens (including phenoxy) is 1. The molecule has 1 atom stereocenters. The molecule has 2 heteroatoms.